The number of nitrogens with one attached hydrogen (secondary N) is 1. The van der Waals surface area contributed by atoms with Gasteiger partial charge in [0, 0.05) is 6.61 Å². The predicted octanol–water partition coefficient (Wildman–Crippen LogP) is 3.68. The zero-order valence-electron chi connectivity index (χ0n) is 15.8. The van der Waals surface area contributed by atoms with Crippen LogP contribution in [0.3, 0.4) is 0 Å². The molecular formula is C21H23F3N2O3. The summed E-state index contributed by atoms with van der Waals surface area (Å²) in [6.45, 7) is -1.57. The van der Waals surface area contributed by atoms with E-state index in [0.717, 1.165) is 5.56 Å². The third kappa shape index (κ3) is 6.74. The molecule has 1 aromatic carbocycles. The fraction of sp³-hybridized carbons (Fsp3) is 0.429. The molecule has 0 unspecified atom stereocenters. The second kappa shape index (κ2) is 9.26. The molecule has 1 saturated carbocycles. The quantitative estimate of drug-likeness (QED) is 0.664. The lowest BCUT2D eigenvalue weighted by Gasteiger charge is -2.18. The SMILES string of the molecule is O=C(Cc1ccc(C2CC2)cc1)N[C@H](CCO)c1ccc(OCC(F)(F)F)cn1. The Labute approximate surface area is 166 Å². The normalized spacial score (nSPS) is 15.0. The molecule has 0 bridgehead atoms. The van der Waals surface area contributed by atoms with Crippen molar-refractivity contribution in [2.45, 2.75) is 43.8 Å². The fourth-order valence-corrected chi connectivity index (χ4v) is 3.03. The number of pyridine rings is 1. The zero-order valence-corrected chi connectivity index (χ0v) is 15.8. The van der Waals surface area contributed by atoms with Crippen LogP contribution in [0, 0.1) is 0 Å². The summed E-state index contributed by atoms with van der Waals surface area (Å²) in [5.41, 5.74) is 2.62. The highest BCUT2D eigenvalue weighted by atomic mass is 19.4. The van der Waals surface area contributed by atoms with Crippen molar-refractivity contribution in [1.82, 2.24) is 10.3 Å². The molecule has 0 radical (unpaired) electrons. The monoisotopic (exact) mass is 408 g/mol. The average molecular weight is 408 g/mol. The maximum atomic E-state index is 12.4. The Balaban J connectivity index is 1.57. The van der Waals surface area contributed by atoms with Crippen molar-refractivity contribution < 1.29 is 27.8 Å². The van der Waals surface area contributed by atoms with E-state index in [9.17, 15) is 23.1 Å². The van der Waals surface area contributed by atoms with Gasteiger partial charge in [-0.2, -0.15) is 13.2 Å². The van der Waals surface area contributed by atoms with Crippen molar-refractivity contribution in [3.8, 4) is 5.75 Å². The van der Waals surface area contributed by atoms with E-state index in [-0.39, 0.29) is 31.1 Å². The molecular weight excluding hydrogens is 385 g/mol. The first-order valence-corrected chi connectivity index (χ1v) is 9.48. The van der Waals surface area contributed by atoms with Gasteiger partial charge >= 0.3 is 6.18 Å². The van der Waals surface area contributed by atoms with E-state index in [1.165, 1.54) is 36.7 Å². The van der Waals surface area contributed by atoms with Crippen molar-refractivity contribution in [3.05, 3.63) is 59.4 Å². The third-order valence-electron chi connectivity index (χ3n) is 4.66. The van der Waals surface area contributed by atoms with Gasteiger partial charge in [0.15, 0.2) is 6.61 Å². The first kappa shape index (κ1) is 21.1. The van der Waals surface area contributed by atoms with Gasteiger partial charge in [-0.3, -0.25) is 9.78 Å². The largest absolute Gasteiger partial charge is 0.483 e. The number of aliphatic hydroxyl groups excluding tert-OH is 1. The number of carbonyl (C=O) groups is 1. The van der Waals surface area contributed by atoms with Crippen LogP contribution in [-0.2, 0) is 11.2 Å². The second-order valence-electron chi connectivity index (χ2n) is 7.15. The molecule has 1 atom stereocenters. The zero-order chi connectivity index (χ0) is 20.9. The Kier molecular flexibility index (Phi) is 6.74. The molecule has 8 heteroatoms. The number of aromatic nitrogens is 1. The smallest absolute Gasteiger partial charge is 0.422 e. The summed E-state index contributed by atoms with van der Waals surface area (Å²) in [6, 6.07) is 10.3. The summed E-state index contributed by atoms with van der Waals surface area (Å²) in [5.74, 6) is 0.415. The molecule has 3 rings (SSSR count). The van der Waals surface area contributed by atoms with Crippen molar-refractivity contribution in [1.29, 1.82) is 0 Å². The van der Waals surface area contributed by atoms with Crippen LogP contribution in [0.4, 0.5) is 13.2 Å². The number of nitrogens with zero attached hydrogens (tertiary/aromatic N) is 1. The van der Waals surface area contributed by atoms with Gasteiger partial charge in [-0.05, 0) is 48.4 Å². The predicted molar refractivity (Wildman–Crippen MR) is 100 cm³/mol. The van der Waals surface area contributed by atoms with Crippen LogP contribution < -0.4 is 10.1 Å². The molecule has 29 heavy (non-hydrogen) atoms. The van der Waals surface area contributed by atoms with Crippen LogP contribution in [-0.4, -0.2) is 35.4 Å². The molecule has 1 aliphatic rings. The van der Waals surface area contributed by atoms with Crippen molar-refractivity contribution in [3.63, 3.8) is 0 Å². The van der Waals surface area contributed by atoms with Crippen LogP contribution in [0.1, 0.15) is 48.0 Å². The molecule has 1 aliphatic carbocycles. The van der Waals surface area contributed by atoms with Crippen molar-refractivity contribution >= 4 is 5.91 Å². The van der Waals surface area contributed by atoms with Crippen LogP contribution in [0.15, 0.2) is 42.6 Å². The van der Waals surface area contributed by atoms with Gasteiger partial charge < -0.3 is 15.2 Å². The molecule has 1 aromatic heterocycles. The second-order valence-corrected chi connectivity index (χ2v) is 7.15. The highest BCUT2D eigenvalue weighted by Crippen LogP contribution is 2.39. The summed E-state index contributed by atoms with van der Waals surface area (Å²) in [7, 11) is 0. The van der Waals surface area contributed by atoms with Crippen LogP contribution in [0.25, 0.3) is 0 Å². The van der Waals surface area contributed by atoms with Crippen LogP contribution in [0.2, 0.25) is 0 Å². The van der Waals surface area contributed by atoms with Gasteiger partial charge in [0.05, 0.1) is 24.4 Å². The van der Waals surface area contributed by atoms with Crippen LogP contribution in [0.5, 0.6) is 5.75 Å². The summed E-state index contributed by atoms with van der Waals surface area (Å²) in [6.07, 6.45) is -0.385. The van der Waals surface area contributed by atoms with Gasteiger partial charge in [-0.1, -0.05) is 24.3 Å². The number of hydrogen-bond acceptors (Lipinski definition) is 4. The summed E-state index contributed by atoms with van der Waals surface area (Å²) < 4.78 is 41.3. The average Bonchev–Trinajstić information content (AvgIpc) is 3.52. The fourth-order valence-electron chi connectivity index (χ4n) is 3.03. The number of hydrogen-bond donors (Lipinski definition) is 2. The number of halogens is 3. The molecule has 2 N–H and O–H groups in total. The molecule has 0 saturated heterocycles. The first-order valence-electron chi connectivity index (χ1n) is 9.48. The molecule has 2 aromatic rings. The van der Waals surface area contributed by atoms with E-state index in [0.29, 0.717) is 11.6 Å². The third-order valence-corrected chi connectivity index (χ3v) is 4.66. The lowest BCUT2D eigenvalue weighted by atomic mass is 10.0. The maximum absolute atomic E-state index is 12.4. The standard InChI is InChI=1S/C21H23F3N2O3/c22-21(23,24)13-29-17-7-8-18(25-12-17)19(9-10-27)26-20(28)11-14-1-3-15(4-2-14)16-5-6-16/h1-4,7-8,12,16,19,27H,5-6,9-11,13H2,(H,26,28)/t19-/m1/s1. The minimum absolute atomic E-state index is 0.0177. The molecule has 1 amide bonds. The summed E-state index contributed by atoms with van der Waals surface area (Å²) >= 11 is 0. The number of ether oxygens (including phenoxy) is 1. The van der Waals surface area contributed by atoms with E-state index in [1.807, 2.05) is 24.3 Å². The summed E-state index contributed by atoms with van der Waals surface area (Å²) in [5, 5.41) is 12.1. The van der Waals surface area contributed by atoms with Gasteiger partial charge in [0.2, 0.25) is 5.91 Å². The van der Waals surface area contributed by atoms with Crippen molar-refractivity contribution in [2.75, 3.05) is 13.2 Å². The minimum Gasteiger partial charge on any atom is -0.483 e. The molecule has 5 nitrogen and oxygen atoms in total. The van der Waals surface area contributed by atoms with E-state index in [2.05, 4.69) is 15.0 Å². The van der Waals surface area contributed by atoms with Gasteiger partial charge in [-0.15, -0.1) is 0 Å². The minimum atomic E-state index is -4.43. The maximum Gasteiger partial charge on any atom is 0.422 e. The van der Waals surface area contributed by atoms with E-state index >= 15 is 0 Å². The number of alkyl halides is 3. The number of rotatable bonds is 9. The summed E-state index contributed by atoms with van der Waals surface area (Å²) in [4.78, 5) is 16.5. The molecule has 1 fully saturated rings. The first-order chi connectivity index (χ1) is 13.8. The van der Waals surface area contributed by atoms with E-state index < -0.39 is 18.8 Å². The lowest BCUT2D eigenvalue weighted by Crippen LogP contribution is -2.31. The van der Waals surface area contributed by atoms with Gasteiger partial charge in [-0.25, -0.2) is 0 Å². The van der Waals surface area contributed by atoms with Crippen molar-refractivity contribution in [2.24, 2.45) is 0 Å². The lowest BCUT2D eigenvalue weighted by molar-refractivity contribution is -0.153. The molecule has 156 valence electrons. The Hall–Kier alpha value is -2.61. The van der Waals surface area contributed by atoms with Gasteiger partial charge in [0.25, 0.3) is 0 Å². The Morgan fingerprint density at radius 3 is 2.48 bits per heavy atom. The number of carbonyl (C=O) groups excluding carboxylic acids is 1. The topological polar surface area (TPSA) is 71.5 Å². The highest BCUT2D eigenvalue weighted by Gasteiger charge is 2.28. The Morgan fingerprint density at radius 1 is 1.21 bits per heavy atom. The molecule has 1 heterocycles. The Bertz CT molecular complexity index is 803. The number of amides is 1. The Morgan fingerprint density at radius 2 is 1.93 bits per heavy atom. The molecule has 0 spiro atoms. The van der Waals surface area contributed by atoms with Gasteiger partial charge in [0.1, 0.15) is 5.75 Å². The number of benzene rings is 1. The van der Waals surface area contributed by atoms with E-state index in [1.54, 1.807) is 0 Å². The van der Waals surface area contributed by atoms with Crippen LogP contribution >= 0.6 is 0 Å². The highest BCUT2D eigenvalue weighted by molar-refractivity contribution is 5.79. The molecule has 0 aliphatic heterocycles. The number of aliphatic hydroxyl groups is 1. The van der Waals surface area contributed by atoms with E-state index in [4.69, 9.17) is 0 Å².